The summed E-state index contributed by atoms with van der Waals surface area (Å²) >= 11 is 2.27. The molecule has 0 unspecified atom stereocenters. The summed E-state index contributed by atoms with van der Waals surface area (Å²) in [7, 11) is 0. The molecule has 0 saturated carbocycles. The predicted molar refractivity (Wildman–Crippen MR) is 359 cm³/mol. The minimum atomic E-state index is -1.39. The van der Waals surface area contributed by atoms with Crippen molar-refractivity contribution in [3.63, 3.8) is 0 Å². The summed E-state index contributed by atoms with van der Waals surface area (Å²) in [5, 5.41) is 18.9. The van der Waals surface area contributed by atoms with Crippen LogP contribution in [0.1, 0.15) is 121 Å². The third-order valence-electron chi connectivity index (χ3n) is 13.9. The van der Waals surface area contributed by atoms with Crippen LogP contribution in [-0.2, 0) is 56.3 Å². The second kappa shape index (κ2) is 34.0. The number of ether oxygens (including phenoxy) is 3. The van der Waals surface area contributed by atoms with Gasteiger partial charge in [0, 0.05) is 96.1 Å². The Morgan fingerprint density at radius 3 is 1.28 bits per heavy atom. The van der Waals surface area contributed by atoms with E-state index in [1.807, 2.05) is 130 Å². The number of carbonyl (C=O) groups excluding carboxylic acids is 5. The van der Waals surface area contributed by atoms with Crippen molar-refractivity contribution < 1.29 is 53.2 Å². The Bertz CT molecular complexity index is 4420. The molecule has 476 valence electrons. The number of pyridine rings is 4. The van der Waals surface area contributed by atoms with Crippen LogP contribution in [0.4, 0.5) is 0 Å². The Morgan fingerprint density at radius 1 is 0.457 bits per heavy atom. The molecule has 4 heterocycles. The smallest absolute Gasteiger partial charge is 0.343 e. The number of aromatic amines is 1. The van der Waals surface area contributed by atoms with Crippen LogP contribution in [0.25, 0.3) is 22.3 Å². The molecular formula is C72H71IN4O15. The van der Waals surface area contributed by atoms with Crippen molar-refractivity contribution >= 4 is 58.0 Å². The molecule has 0 fully saturated rings. The molecule has 0 radical (unpaired) electrons. The van der Waals surface area contributed by atoms with E-state index in [1.54, 1.807) is 86.4 Å². The van der Waals surface area contributed by atoms with Gasteiger partial charge in [-0.25, -0.2) is 19.2 Å². The van der Waals surface area contributed by atoms with E-state index in [2.05, 4.69) is 27.6 Å². The third kappa shape index (κ3) is 19.8. The minimum absolute atomic E-state index is 0.0396. The van der Waals surface area contributed by atoms with Crippen LogP contribution in [-0.4, -0.2) is 84.2 Å². The van der Waals surface area contributed by atoms with Crippen LogP contribution in [0.15, 0.2) is 190 Å². The van der Waals surface area contributed by atoms with E-state index in [0.29, 0.717) is 42.6 Å². The number of halogens is 1. The predicted octanol–water partition coefficient (Wildman–Crippen LogP) is 11.1. The Labute approximate surface area is 544 Å². The standard InChI is InChI=1S/C25H25NO4.C22H19NO5.C16H16INO3.C9H11NO3/c1-4-30-25(29)23-16-26(14-17(2)24(23)28)15-21-9-5-6-11-22(21)20-10-7-8-19(13-20)12-18(3)27;1-14(24)9-15-5-4-7-16(10-15)18-8-3-2-6-17(18)11-23-12-19(22(27)28)21(26)20(25)13-23;1-3-21-16(20)13-10-18(8-11(2)15(13)19)9-12-6-4-5-7-14(12)17;1-3-13-9(12)7-5-10-4-6(2)8(7)11/h5-11,13-14,16H,4,12,15H2,1-3H3;2-8,10,12-13,25H,9,11H2,1H3,(H,27,28);4-8,10H,3,9H2,1-2H3;4-5H,3H2,1-2H3,(H,10,11). The molecule has 5 aromatic carbocycles. The van der Waals surface area contributed by atoms with Crippen LogP contribution in [0.2, 0.25) is 0 Å². The van der Waals surface area contributed by atoms with Crippen molar-refractivity contribution in [1.82, 2.24) is 18.7 Å². The summed E-state index contributed by atoms with van der Waals surface area (Å²) in [6.45, 7) is 15.4. The van der Waals surface area contributed by atoms with Crippen molar-refractivity contribution in [2.45, 2.75) is 87.9 Å². The zero-order chi connectivity index (χ0) is 67.2. The molecule has 9 rings (SSSR count). The Balaban J connectivity index is 0.000000202. The molecule has 0 aliphatic rings. The summed E-state index contributed by atoms with van der Waals surface area (Å²) in [4.78, 5) is 120. The molecule has 0 aliphatic heterocycles. The molecular weight excluding hydrogens is 1290 g/mol. The first-order valence-electron chi connectivity index (χ1n) is 29.3. The number of aromatic nitrogens is 4. The second-order valence-corrected chi connectivity index (χ2v) is 22.3. The van der Waals surface area contributed by atoms with Gasteiger partial charge in [0.1, 0.15) is 33.8 Å². The topological polar surface area (TPSA) is 269 Å². The van der Waals surface area contributed by atoms with Crippen LogP contribution >= 0.6 is 22.6 Å². The maximum Gasteiger partial charge on any atom is 0.343 e. The zero-order valence-electron chi connectivity index (χ0n) is 52.2. The van der Waals surface area contributed by atoms with Gasteiger partial charge < -0.3 is 43.1 Å². The van der Waals surface area contributed by atoms with E-state index in [1.165, 1.54) is 23.2 Å². The Kier molecular flexibility index (Phi) is 26.2. The van der Waals surface area contributed by atoms with E-state index in [9.17, 15) is 53.1 Å². The summed E-state index contributed by atoms with van der Waals surface area (Å²) in [5.41, 5.74) is 8.29. The molecule has 0 atom stereocenters. The first-order valence-corrected chi connectivity index (χ1v) is 30.3. The molecule has 0 aliphatic carbocycles. The number of aryl methyl sites for hydroxylation is 3. The number of rotatable bonds is 19. The number of hydrogen-bond donors (Lipinski definition) is 3. The lowest BCUT2D eigenvalue weighted by atomic mass is 9.96. The number of esters is 3. The Hall–Kier alpha value is -10.4. The molecule has 0 saturated heterocycles. The highest BCUT2D eigenvalue weighted by atomic mass is 127. The van der Waals surface area contributed by atoms with E-state index in [0.717, 1.165) is 53.6 Å². The van der Waals surface area contributed by atoms with Gasteiger partial charge in [-0.15, -0.1) is 0 Å². The van der Waals surface area contributed by atoms with Crippen molar-refractivity contribution in [1.29, 1.82) is 0 Å². The van der Waals surface area contributed by atoms with Crippen LogP contribution in [0.3, 0.4) is 0 Å². The van der Waals surface area contributed by atoms with Crippen LogP contribution in [0.5, 0.6) is 5.75 Å². The zero-order valence-corrected chi connectivity index (χ0v) is 54.4. The van der Waals surface area contributed by atoms with Gasteiger partial charge in [0.05, 0.1) is 26.0 Å². The lowest BCUT2D eigenvalue weighted by Crippen LogP contribution is -2.22. The van der Waals surface area contributed by atoms with E-state index >= 15 is 0 Å². The highest BCUT2D eigenvalue weighted by Crippen LogP contribution is 2.28. The van der Waals surface area contributed by atoms with Gasteiger partial charge in [-0.2, -0.15) is 0 Å². The number of aromatic hydroxyl groups is 1. The van der Waals surface area contributed by atoms with Gasteiger partial charge >= 0.3 is 23.9 Å². The number of ketones is 2. The molecule has 19 nitrogen and oxygen atoms in total. The molecule has 0 spiro atoms. The number of carboxylic acid groups (broad SMARTS) is 1. The fourth-order valence-electron chi connectivity index (χ4n) is 9.64. The number of hydrogen-bond acceptors (Lipinski definition) is 14. The molecule has 0 bridgehead atoms. The molecule has 4 aromatic heterocycles. The number of nitrogens with zero attached hydrogens (tertiary/aromatic N) is 3. The minimum Gasteiger partial charge on any atom is -0.503 e. The molecule has 20 heteroatoms. The van der Waals surface area contributed by atoms with E-state index in [-0.39, 0.29) is 70.9 Å². The number of nitrogens with one attached hydrogen (secondary N) is 1. The summed E-state index contributed by atoms with van der Waals surface area (Å²) in [5.74, 6) is -3.55. The van der Waals surface area contributed by atoms with Gasteiger partial charge in [-0.1, -0.05) is 115 Å². The lowest BCUT2D eigenvalue weighted by molar-refractivity contribution is -0.117. The van der Waals surface area contributed by atoms with Crippen LogP contribution < -0.4 is 21.7 Å². The Morgan fingerprint density at radius 2 is 0.848 bits per heavy atom. The normalized spacial score (nSPS) is 10.4. The van der Waals surface area contributed by atoms with Gasteiger partial charge in [-0.3, -0.25) is 28.8 Å². The quantitative estimate of drug-likeness (QED) is 0.0386. The fourth-order valence-corrected chi connectivity index (χ4v) is 10.2. The number of carbonyl (C=O) groups is 6. The van der Waals surface area contributed by atoms with E-state index < -0.39 is 40.6 Å². The summed E-state index contributed by atoms with van der Waals surface area (Å²) in [6, 6.07) is 39.2. The van der Waals surface area contributed by atoms with Crippen molar-refractivity contribution in [2.24, 2.45) is 0 Å². The van der Waals surface area contributed by atoms with Gasteiger partial charge in [0.15, 0.2) is 22.0 Å². The number of Topliss-reactive ketones (excluding diaryl/α,β-unsaturated/α-hetero) is 2. The van der Waals surface area contributed by atoms with Crippen molar-refractivity contribution in [2.75, 3.05) is 19.8 Å². The number of benzene rings is 5. The highest BCUT2D eigenvalue weighted by molar-refractivity contribution is 14.1. The van der Waals surface area contributed by atoms with Crippen molar-refractivity contribution in [3.05, 3.63) is 282 Å². The summed E-state index contributed by atoms with van der Waals surface area (Å²) < 4.78 is 21.0. The third-order valence-corrected chi connectivity index (χ3v) is 14.9. The van der Waals surface area contributed by atoms with Crippen molar-refractivity contribution in [3.8, 4) is 28.0 Å². The molecule has 9 aromatic rings. The maximum absolute atomic E-state index is 12.4. The summed E-state index contributed by atoms with van der Waals surface area (Å²) in [6.07, 6.45) is 12.7. The SMILES string of the molecule is CC(=O)Cc1cccc(-c2ccccc2Cn2cc(O)c(=O)c(C(=O)O)c2)c1.CCOC(=O)c1c[nH]cc(C)c1=O.CCOC(=O)c1cn(Cc2ccccc2-c2cccc(CC(C)=O)c2)cc(C)c1=O.CCOC(=O)c1cn(Cc2ccccc2I)cc(C)c1=O. The van der Waals surface area contributed by atoms with E-state index in [4.69, 9.17) is 19.3 Å². The second-order valence-electron chi connectivity index (χ2n) is 21.2. The molecule has 92 heavy (non-hydrogen) atoms. The molecule has 0 amide bonds. The van der Waals surface area contributed by atoms with Gasteiger partial charge in [-0.05, 0) is 134 Å². The number of aromatic carboxylic acids is 1. The number of H-pyrrole nitrogens is 1. The largest absolute Gasteiger partial charge is 0.503 e. The average molecular weight is 1360 g/mol. The van der Waals surface area contributed by atoms with Crippen LogP contribution in [0, 0.1) is 24.3 Å². The fraction of sp³-hybridized carbons (Fsp3) is 0.222. The average Bonchev–Trinajstić information content (AvgIpc) is 0.877. The van der Waals surface area contributed by atoms with Gasteiger partial charge in [0.25, 0.3) is 0 Å². The number of carboxylic acids is 1. The highest BCUT2D eigenvalue weighted by Gasteiger charge is 2.19. The molecule has 3 N–H and O–H groups in total. The first-order chi connectivity index (χ1) is 43.9. The monoisotopic (exact) mass is 1360 g/mol. The lowest BCUT2D eigenvalue weighted by Gasteiger charge is -2.14. The van der Waals surface area contributed by atoms with Gasteiger partial charge in [0.2, 0.25) is 5.43 Å². The first kappa shape index (κ1) is 70.7. The maximum atomic E-state index is 12.4.